The van der Waals surface area contributed by atoms with Gasteiger partial charge in [0, 0.05) is 56.2 Å². The van der Waals surface area contributed by atoms with Crippen LogP contribution in [0.15, 0.2) is 53.6 Å². The van der Waals surface area contributed by atoms with Crippen molar-refractivity contribution in [1.29, 1.82) is 0 Å². The van der Waals surface area contributed by atoms with E-state index in [2.05, 4.69) is 30.7 Å². The van der Waals surface area contributed by atoms with Crippen LogP contribution < -0.4 is 15.5 Å². The van der Waals surface area contributed by atoms with E-state index in [1.54, 1.807) is 26.1 Å². The van der Waals surface area contributed by atoms with Gasteiger partial charge < -0.3 is 25.4 Å². The predicted octanol–water partition coefficient (Wildman–Crippen LogP) is 3.85. The lowest BCUT2D eigenvalue weighted by atomic mass is 10.0. The molecule has 2 aliphatic heterocycles. The molecule has 16 heteroatoms. The fraction of sp³-hybridized carbons (Fsp3) is 0.300. The minimum Gasteiger partial charge on any atom is -0.369 e. The highest BCUT2D eigenvalue weighted by Gasteiger charge is 2.48. The molecule has 0 unspecified atom stereocenters. The highest BCUT2D eigenvalue weighted by atomic mass is 32.2. The van der Waals surface area contributed by atoms with Gasteiger partial charge in [-0.05, 0) is 57.3 Å². The maximum Gasteiger partial charge on any atom is 0.272 e. The summed E-state index contributed by atoms with van der Waals surface area (Å²) in [7, 11) is -2.44. The quantitative estimate of drug-likeness (QED) is 0.236. The highest BCUT2D eigenvalue weighted by molar-refractivity contribution is 7.89. The summed E-state index contributed by atoms with van der Waals surface area (Å²) in [5.41, 5.74) is -0.496. The number of anilines is 3. The van der Waals surface area contributed by atoms with Gasteiger partial charge in [-0.15, -0.1) is 0 Å². The van der Waals surface area contributed by atoms with E-state index in [-0.39, 0.29) is 29.3 Å². The van der Waals surface area contributed by atoms with Crippen LogP contribution in [0.25, 0.3) is 0 Å². The summed E-state index contributed by atoms with van der Waals surface area (Å²) in [6.45, 7) is 5.55. The first-order valence-corrected chi connectivity index (χ1v) is 15.8. The van der Waals surface area contributed by atoms with Crippen molar-refractivity contribution in [2.24, 2.45) is 0 Å². The number of aromatic amines is 2. The van der Waals surface area contributed by atoms with Crippen LogP contribution in [0.3, 0.4) is 0 Å². The molecule has 4 heterocycles. The normalized spacial score (nSPS) is 16.8. The Labute approximate surface area is 262 Å². The average Bonchev–Trinajstić information content (AvgIpc) is 3.71. The van der Waals surface area contributed by atoms with E-state index in [1.165, 1.54) is 18.2 Å². The van der Waals surface area contributed by atoms with Gasteiger partial charge in [-0.1, -0.05) is 0 Å². The first kappa shape index (κ1) is 31.3. The minimum absolute atomic E-state index is 0.0691. The SMILES string of the molecule is CN1CCN(c2cc(F)c(C(=O)Nc3n[nH]c4c3CN(S(=O)(=O)c3cc(F)cc(F)c3)C4(C)C)c(NC(=O)c3ccc[nH]3)c2)CC1. The van der Waals surface area contributed by atoms with Gasteiger partial charge in [0.05, 0.1) is 27.4 Å². The summed E-state index contributed by atoms with van der Waals surface area (Å²) >= 11 is 0. The zero-order valence-corrected chi connectivity index (χ0v) is 25.9. The Kier molecular flexibility index (Phi) is 7.90. The van der Waals surface area contributed by atoms with Crippen LogP contribution in [-0.4, -0.2) is 77.8 Å². The molecule has 6 rings (SSSR count). The summed E-state index contributed by atoms with van der Waals surface area (Å²) in [5.74, 6) is -4.59. The van der Waals surface area contributed by atoms with E-state index < -0.39 is 55.3 Å². The number of piperazine rings is 1. The number of halogens is 3. The van der Waals surface area contributed by atoms with Gasteiger partial charge in [0.2, 0.25) is 10.0 Å². The van der Waals surface area contributed by atoms with E-state index in [9.17, 15) is 26.8 Å². The van der Waals surface area contributed by atoms with Crippen molar-refractivity contribution in [3.8, 4) is 0 Å². The van der Waals surface area contributed by atoms with Gasteiger partial charge >= 0.3 is 0 Å². The number of sulfonamides is 1. The third-order valence-corrected chi connectivity index (χ3v) is 10.3. The Balaban J connectivity index is 1.32. The molecular weight excluding hydrogens is 625 g/mol. The van der Waals surface area contributed by atoms with Gasteiger partial charge in [-0.3, -0.25) is 14.7 Å². The van der Waals surface area contributed by atoms with Crippen LogP contribution in [0.5, 0.6) is 0 Å². The molecule has 2 aromatic carbocycles. The largest absolute Gasteiger partial charge is 0.369 e. The van der Waals surface area contributed by atoms with Crippen LogP contribution >= 0.6 is 0 Å². The number of amides is 2. The molecule has 242 valence electrons. The molecule has 4 aromatic rings. The third kappa shape index (κ3) is 5.63. The highest BCUT2D eigenvalue weighted by Crippen LogP contribution is 2.44. The lowest BCUT2D eigenvalue weighted by Gasteiger charge is -2.34. The number of benzene rings is 2. The lowest BCUT2D eigenvalue weighted by Crippen LogP contribution is -2.44. The van der Waals surface area contributed by atoms with Crippen molar-refractivity contribution in [1.82, 2.24) is 24.4 Å². The molecule has 2 aromatic heterocycles. The summed E-state index contributed by atoms with van der Waals surface area (Å²) in [5, 5.41) is 12.1. The molecule has 1 saturated heterocycles. The number of hydrogen-bond donors (Lipinski definition) is 4. The smallest absolute Gasteiger partial charge is 0.272 e. The molecule has 2 aliphatic rings. The van der Waals surface area contributed by atoms with Gasteiger partial charge in [-0.25, -0.2) is 21.6 Å². The van der Waals surface area contributed by atoms with Gasteiger partial charge in [0.25, 0.3) is 11.8 Å². The summed E-state index contributed by atoms with van der Waals surface area (Å²) in [6, 6.07) is 7.93. The molecule has 4 N–H and O–H groups in total. The summed E-state index contributed by atoms with van der Waals surface area (Å²) in [6.07, 6.45) is 1.55. The maximum atomic E-state index is 15.8. The zero-order chi connectivity index (χ0) is 33.0. The number of rotatable bonds is 7. The molecule has 2 amide bonds. The van der Waals surface area contributed by atoms with Gasteiger partial charge in [0.1, 0.15) is 23.1 Å². The first-order valence-electron chi connectivity index (χ1n) is 14.4. The molecular formula is C30H31F3N8O4S. The fourth-order valence-corrected chi connectivity index (χ4v) is 7.55. The molecule has 0 saturated carbocycles. The van der Waals surface area contributed by atoms with E-state index in [0.717, 1.165) is 29.5 Å². The topological polar surface area (TPSA) is 147 Å². The van der Waals surface area contributed by atoms with Gasteiger partial charge in [-0.2, -0.15) is 9.40 Å². The second-order valence-electron chi connectivity index (χ2n) is 11.7. The van der Waals surface area contributed by atoms with E-state index in [1.807, 2.05) is 11.9 Å². The second kappa shape index (κ2) is 11.6. The van der Waals surface area contributed by atoms with Crippen molar-refractivity contribution >= 4 is 39.0 Å². The number of H-pyrrole nitrogens is 2. The Hall–Kier alpha value is -4.67. The minimum atomic E-state index is -4.42. The molecule has 0 atom stereocenters. The first-order chi connectivity index (χ1) is 21.8. The molecule has 12 nitrogen and oxygen atoms in total. The van der Waals surface area contributed by atoms with Crippen LogP contribution in [0.2, 0.25) is 0 Å². The van der Waals surface area contributed by atoms with Crippen molar-refractivity contribution in [3.05, 3.63) is 88.6 Å². The standard InChI is InChI=1S/C30H31F3N8O4S/c1-30(2)26-21(16-41(30)46(44,45)20-12-17(31)11-18(32)13-20)27(38-37-26)36-29(43)25-22(33)14-19(40-9-7-39(3)8-10-40)15-24(25)35-28(42)23-5-4-6-34-23/h4-6,11-15,34H,7-10,16H2,1-3H3,(H,35,42)(H2,36,37,38,43). The van der Waals surface area contributed by atoms with E-state index in [0.29, 0.717) is 30.5 Å². The molecule has 0 aliphatic carbocycles. The Morgan fingerprint density at radius 3 is 2.30 bits per heavy atom. The predicted molar refractivity (Wildman–Crippen MR) is 164 cm³/mol. The van der Waals surface area contributed by atoms with Crippen molar-refractivity contribution in [2.75, 3.05) is 48.8 Å². The summed E-state index contributed by atoms with van der Waals surface area (Å²) < 4.78 is 71.8. The number of carbonyl (C=O) groups excluding carboxylic acids is 2. The van der Waals surface area contributed by atoms with E-state index >= 15 is 4.39 Å². The molecule has 0 spiro atoms. The van der Waals surface area contributed by atoms with Crippen LogP contribution in [0.1, 0.15) is 46.0 Å². The maximum absolute atomic E-state index is 15.8. The number of hydrogen-bond acceptors (Lipinski definition) is 7. The Morgan fingerprint density at radius 2 is 1.65 bits per heavy atom. The van der Waals surface area contributed by atoms with Crippen molar-refractivity contribution in [2.45, 2.75) is 30.8 Å². The van der Waals surface area contributed by atoms with Gasteiger partial charge in [0.15, 0.2) is 5.82 Å². The number of carbonyl (C=O) groups is 2. The number of nitrogens with zero attached hydrogens (tertiary/aromatic N) is 4. The number of fused-ring (bicyclic) bond motifs is 1. The molecule has 0 bridgehead atoms. The monoisotopic (exact) mass is 656 g/mol. The fourth-order valence-electron chi connectivity index (χ4n) is 5.78. The average molecular weight is 657 g/mol. The lowest BCUT2D eigenvalue weighted by molar-refractivity contribution is 0.102. The Morgan fingerprint density at radius 1 is 0.957 bits per heavy atom. The van der Waals surface area contributed by atoms with Crippen LogP contribution in [0, 0.1) is 17.5 Å². The Bertz CT molecular complexity index is 1920. The third-order valence-electron chi connectivity index (χ3n) is 8.32. The van der Waals surface area contributed by atoms with E-state index in [4.69, 9.17) is 0 Å². The number of aromatic nitrogens is 3. The second-order valence-corrected chi connectivity index (χ2v) is 13.6. The summed E-state index contributed by atoms with van der Waals surface area (Å²) in [4.78, 5) is 33.0. The molecule has 0 radical (unpaired) electrons. The van der Waals surface area contributed by atoms with Crippen LogP contribution in [0.4, 0.5) is 30.4 Å². The number of likely N-dealkylation sites (N-methyl/N-ethyl adjacent to an activating group) is 1. The molecule has 46 heavy (non-hydrogen) atoms. The number of nitrogens with one attached hydrogen (secondary N) is 4. The van der Waals surface area contributed by atoms with Crippen molar-refractivity contribution in [3.63, 3.8) is 0 Å². The van der Waals surface area contributed by atoms with Crippen LogP contribution in [-0.2, 0) is 22.1 Å². The zero-order valence-electron chi connectivity index (χ0n) is 25.1. The molecule has 1 fully saturated rings. The van der Waals surface area contributed by atoms with Crippen molar-refractivity contribution < 1.29 is 31.2 Å².